The topological polar surface area (TPSA) is 30.5 Å². The molecule has 6 heteroatoms. The van der Waals surface area contributed by atoms with Crippen LogP contribution in [0.15, 0.2) is 22.7 Å². The minimum atomic E-state index is -2.41. The Hall–Kier alpha value is -0.720. The van der Waals surface area contributed by atoms with Gasteiger partial charge >= 0.3 is 0 Å². The molecule has 1 aromatic carbocycles. The van der Waals surface area contributed by atoms with E-state index in [-0.39, 0.29) is 6.04 Å². The molecule has 1 unspecified atom stereocenters. The van der Waals surface area contributed by atoms with Gasteiger partial charge in [0.25, 0.3) is 6.43 Å². The van der Waals surface area contributed by atoms with E-state index in [0.717, 1.165) is 22.2 Å². The van der Waals surface area contributed by atoms with E-state index in [1.807, 2.05) is 25.2 Å². The van der Waals surface area contributed by atoms with Gasteiger partial charge in [0.05, 0.1) is 11.1 Å². The second kappa shape index (κ2) is 10.1. The molecule has 0 aliphatic rings. The molecule has 1 atom stereocenters. The van der Waals surface area contributed by atoms with Crippen molar-refractivity contribution in [2.24, 2.45) is 0 Å². The molecule has 0 fully saturated rings. The van der Waals surface area contributed by atoms with Gasteiger partial charge in [0, 0.05) is 12.6 Å². The molecule has 120 valence electrons. The van der Waals surface area contributed by atoms with Crippen molar-refractivity contribution in [3.8, 4) is 5.75 Å². The highest BCUT2D eigenvalue weighted by Crippen LogP contribution is 2.29. The molecule has 21 heavy (non-hydrogen) atoms. The summed E-state index contributed by atoms with van der Waals surface area (Å²) in [5, 5.41) is 3.17. The standard InChI is InChI=1S/C15H22BrF2NO2/c1-3-7-21-14-5-4-11(9-12(14)16)13(19-2)6-8-20-10-15(17)18/h4-5,9,13,15,19H,3,6-8,10H2,1-2H3. The fourth-order valence-electron chi connectivity index (χ4n) is 1.91. The van der Waals surface area contributed by atoms with Crippen LogP contribution in [0.3, 0.4) is 0 Å². The molecule has 0 bridgehead atoms. The lowest BCUT2D eigenvalue weighted by molar-refractivity contribution is 0.0145. The molecule has 3 nitrogen and oxygen atoms in total. The molecule has 1 aromatic rings. The van der Waals surface area contributed by atoms with Gasteiger partial charge < -0.3 is 14.8 Å². The van der Waals surface area contributed by atoms with Crippen LogP contribution >= 0.6 is 15.9 Å². The lowest BCUT2D eigenvalue weighted by Gasteiger charge is -2.18. The molecule has 0 radical (unpaired) electrons. The fourth-order valence-corrected chi connectivity index (χ4v) is 2.43. The van der Waals surface area contributed by atoms with E-state index in [4.69, 9.17) is 9.47 Å². The zero-order valence-electron chi connectivity index (χ0n) is 12.4. The summed E-state index contributed by atoms with van der Waals surface area (Å²) in [6.45, 7) is 2.51. The van der Waals surface area contributed by atoms with Crippen LogP contribution in [0, 0.1) is 0 Å². The Labute approximate surface area is 133 Å². The second-order valence-electron chi connectivity index (χ2n) is 4.63. The molecule has 1 rings (SSSR count). The predicted molar refractivity (Wildman–Crippen MR) is 83.2 cm³/mol. The fraction of sp³-hybridized carbons (Fsp3) is 0.600. The molecule has 0 saturated carbocycles. The summed E-state index contributed by atoms with van der Waals surface area (Å²) < 4.78 is 35.4. The summed E-state index contributed by atoms with van der Waals surface area (Å²) in [5.41, 5.74) is 1.06. The third-order valence-electron chi connectivity index (χ3n) is 2.96. The molecule has 0 spiro atoms. The Bertz CT molecular complexity index is 419. The minimum absolute atomic E-state index is 0.0548. The summed E-state index contributed by atoms with van der Waals surface area (Å²) in [6.07, 6.45) is -0.832. The van der Waals surface area contributed by atoms with E-state index >= 15 is 0 Å². The number of hydrogen-bond donors (Lipinski definition) is 1. The molecule has 0 aliphatic heterocycles. The van der Waals surface area contributed by atoms with E-state index in [1.165, 1.54) is 0 Å². The summed E-state index contributed by atoms with van der Waals surface area (Å²) in [7, 11) is 1.84. The SMILES string of the molecule is CCCOc1ccc(C(CCOCC(F)F)NC)cc1Br. The van der Waals surface area contributed by atoms with E-state index in [1.54, 1.807) is 0 Å². The lowest BCUT2D eigenvalue weighted by atomic mass is 10.0. The minimum Gasteiger partial charge on any atom is -0.492 e. The van der Waals surface area contributed by atoms with Crippen molar-refractivity contribution in [3.05, 3.63) is 28.2 Å². The first-order chi connectivity index (χ1) is 10.1. The van der Waals surface area contributed by atoms with E-state index < -0.39 is 13.0 Å². The Kier molecular flexibility index (Phi) is 8.80. The third-order valence-corrected chi connectivity index (χ3v) is 3.58. The largest absolute Gasteiger partial charge is 0.492 e. The van der Waals surface area contributed by atoms with Crippen LogP contribution in [0.1, 0.15) is 31.4 Å². The first kappa shape index (κ1) is 18.3. The van der Waals surface area contributed by atoms with Crippen molar-refractivity contribution < 1.29 is 18.3 Å². The van der Waals surface area contributed by atoms with Crippen molar-refractivity contribution >= 4 is 15.9 Å². The molecule has 0 aliphatic carbocycles. The first-order valence-electron chi connectivity index (χ1n) is 7.03. The monoisotopic (exact) mass is 365 g/mol. The van der Waals surface area contributed by atoms with Gasteiger partial charge in [-0.25, -0.2) is 8.78 Å². The van der Waals surface area contributed by atoms with E-state index in [0.29, 0.717) is 19.6 Å². The van der Waals surface area contributed by atoms with Crippen LogP contribution in [-0.2, 0) is 4.74 Å². The Balaban J connectivity index is 2.57. The maximum Gasteiger partial charge on any atom is 0.261 e. The molecule has 1 N–H and O–H groups in total. The van der Waals surface area contributed by atoms with Crippen molar-refractivity contribution in [1.82, 2.24) is 5.32 Å². The van der Waals surface area contributed by atoms with Gasteiger partial charge in [-0.05, 0) is 53.5 Å². The normalized spacial score (nSPS) is 12.7. The van der Waals surface area contributed by atoms with Crippen molar-refractivity contribution in [2.75, 3.05) is 26.9 Å². The number of benzene rings is 1. The highest BCUT2D eigenvalue weighted by atomic mass is 79.9. The Morgan fingerprint density at radius 1 is 1.29 bits per heavy atom. The van der Waals surface area contributed by atoms with Crippen LogP contribution in [0.2, 0.25) is 0 Å². The number of nitrogens with one attached hydrogen (secondary N) is 1. The number of rotatable bonds is 10. The number of ether oxygens (including phenoxy) is 2. The molecule has 0 aromatic heterocycles. The zero-order valence-corrected chi connectivity index (χ0v) is 14.0. The van der Waals surface area contributed by atoms with E-state index in [9.17, 15) is 8.78 Å². The molecule has 0 saturated heterocycles. The van der Waals surface area contributed by atoms with Crippen LogP contribution in [0.4, 0.5) is 8.78 Å². The molecular weight excluding hydrogens is 344 g/mol. The molecule has 0 heterocycles. The van der Waals surface area contributed by atoms with E-state index in [2.05, 4.69) is 28.2 Å². The van der Waals surface area contributed by atoms with Crippen LogP contribution in [0.5, 0.6) is 5.75 Å². The number of alkyl halides is 2. The highest BCUT2D eigenvalue weighted by molar-refractivity contribution is 9.10. The van der Waals surface area contributed by atoms with Gasteiger partial charge in [0.2, 0.25) is 0 Å². The first-order valence-corrected chi connectivity index (χ1v) is 7.83. The summed E-state index contributed by atoms with van der Waals surface area (Å²) in [5.74, 6) is 0.810. The van der Waals surface area contributed by atoms with Crippen molar-refractivity contribution in [1.29, 1.82) is 0 Å². The Morgan fingerprint density at radius 2 is 2.05 bits per heavy atom. The predicted octanol–water partition coefficient (Wildman–Crippen LogP) is 4.17. The average molecular weight is 366 g/mol. The van der Waals surface area contributed by atoms with Crippen molar-refractivity contribution in [2.45, 2.75) is 32.2 Å². The zero-order chi connectivity index (χ0) is 15.7. The maximum absolute atomic E-state index is 12.0. The van der Waals surface area contributed by atoms with Crippen LogP contribution < -0.4 is 10.1 Å². The molecular formula is C15H22BrF2NO2. The summed E-state index contributed by atoms with van der Waals surface area (Å²) >= 11 is 3.49. The van der Waals surface area contributed by atoms with Crippen molar-refractivity contribution in [3.63, 3.8) is 0 Å². The van der Waals surface area contributed by atoms with Gasteiger partial charge in [0.15, 0.2) is 0 Å². The van der Waals surface area contributed by atoms with Gasteiger partial charge in [-0.1, -0.05) is 13.0 Å². The summed E-state index contributed by atoms with van der Waals surface area (Å²) in [6, 6.07) is 5.93. The highest BCUT2D eigenvalue weighted by Gasteiger charge is 2.12. The maximum atomic E-state index is 12.0. The number of hydrogen-bond acceptors (Lipinski definition) is 3. The van der Waals surface area contributed by atoms with Crippen LogP contribution in [0.25, 0.3) is 0 Å². The van der Waals surface area contributed by atoms with Gasteiger partial charge in [-0.3, -0.25) is 0 Å². The van der Waals surface area contributed by atoms with Gasteiger partial charge in [-0.15, -0.1) is 0 Å². The van der Waals surface area contributed by atoms with Gasteiger partial charge in [0.1, 0.15) is 12.4 Å². The smallest absolute Gasteiger partial charge is 0.261 e. The Morgan fingerprint density at radius 3 is 2.62 bits per heavy atom. The quantitative estimate of drug-likeness (QED) is 0.631. The van der Waals surface area contributed by atoms with Gasteiger partial charge in [-0.2, -0.15) is 0 Å². The van der Waals surface area contributed by atoms with Crippen LogP contribution in [-0.4, -0.2) is 33.3 Å². The third kappa shape index (κ3) is 6.72. The average Bonchev–Trinajstić information content (AvgIpc) is 2.46. The molecule has 0 amide bonds. The number of halogens is 3. The lowest BCUT2D eigenvalue weighted by Crippen LogP contribution is -2.19. The summed E-state index contributed by atoms with van der Waals surface area (Å²) in [4.78, 5) is 0. The second-order valence-corrected chi connectivity index (χ2v) is 5.49.